The molecule has 0 radical (unpaired) electrons. The Balaban J connectivity index is 0.00000126. The smallest absolute Gasteiger partial charge is 0.248 e. The monoisotopic (exact) mass is 490 g/mol. The molecular weight excluding hydrogens is 460 g/mol. The zero-order valence-corrected chi connectivity index (χ0v) is 20.7. The van der Waals surface area contributed by atoms with Gasteiger partial charge in [0.15, 0.2) is 10.8 Å². The first-order valence-electron chi connectivity index (χ1n) is 11.5. The number of thiazole rings is 1. The van der Waals surface area contributed by atoms with Crippen molar-refractivity contribution >= 4 is 38.2 Å². The Labute approximate surface area is 198 Å². The maximum Gasteiger partial charge on any atom is 0.248 e. The Hall–Kier alpha value is -2.34. The van der Waals surface area contributed by atoms with E-state index >= 15 is 0 Å². The van der Waals surface area contributed by atoms with E-state index in [4.69, 9.17) is 4.98 Å². The number of anilines is 1. The lowest BCUT2D eigenvalue weighted by molar-refractivity contribution is 0.346. The highest BCUT2D eigenvalue weighted by Gasteiger charge is 2.30. The molecule has 11 heteroatoms. The first-order chi connectivity index (χ1) is 16.1. The summed E-state index contributed by atoms with van der Waals surface area (Å²) >= 11 is 1.37. The third kappa shape index (κ3) is 4.68. The van der Waals surface area contributed by atoms with Gasteiger partial charge in [0.05, 0.1) is 5.39 Å². The van der Waals surface area contributed by atoms with Crippen LogP contribution >= 0.6 is 11.3 Å². The van der Waals surface area contributed by atoms with Crippen LogP contribution in [-0.2, 0) is 10.0 Å². The summed E-state index contributed by atoms with van der Waals surface area (Å²) in [6, 6.07) is 3.50. The van der Waals surface area contributed by atoms with Crippen molar-refractivity contribution in [2.75, 3.05) is 44.2 Å². The van der Waals surface area contributed by atoms with Gasteiger partial charge in [-0.05, 0) is 25.0 Å². The summed E-state index contributed by atoms with van der Waals surface area (Å²) in [4.78, 5) is 24.4. The molecule has 2 aliphatic heterocycles. The van der Waals surface area contributed by atoms with E-state index in [1.165, 1.54) is 21.8 Å². The Morgan fingerprint density at radius 2 is 1.76 bits per heavy atom. The molecule has 0 amide bonds. The van der Waals surface area contributed by atoms with Crippen molar-refractivity contribution in [1.29, 1.82) is 0 Å². The first-order valence-corrected chi connectivity index (χ1v) is 13.8. The van der Waals surface area contributed by atoms with E-state index in [9.17, 15) is 13.2 Å². The molecular formula is C22H30N6O3S2. The van der Waals surface area contributed by atoms with E-state index in [-0.39, 0.29) is 10.3 Å². The third-order valence-electron chi connectivity index (χ3n) is 5.80. The minimum absolute atomic E-state index is 0.214. The van der Waals surface area contributed by atoms with Crippen LogP contribution in [0.25, 0.3) is 16.2 Å². The lowest BCUT2D eigenvalue weighted by Crippen LogP contribution is -2.44. The molecule has 3 aromatic rings. The molecule has 5 rings (SSSR count). The van der Waals surface area contributed by atoms with Gasteiger partial charge in [0.2, 0.25) is 15.5 Å². The van der Waals surface area contributed by atoms with Gasteiger partial charge in [0, 0.05) is 57.0 Å². The fourth-order valence-corrected chi connectivity index (χ4v) is 6.37. The van der Waals surface area contributed by atoms with E-state index in [2.05, 4.69) is 15.2 Å². The zero-order valence-electron chi connectivity index (χ0n) is 19.0. The fourth-order valence-electron chi connectivity index (χ4n) is 4.15. The zero-order chi connectivity index (χ0) is 23.4. The van der Waals surface area contributed by atoms with Gasteiger partial charge in [-0.3, -0.25) is 9.36 Å². The number of rotatable bonds is 4. The maximum atomic E-state index is 13.3. The highest BCUT2D eigenvalue weighted by atomic mass is 32.2. The Morgan fingerprint density at radius 1 is 1.03 bits per heavy atom. The van der Waals surface area contributed by atoms with E-state index in [0.717, 1.165) is 51.3 Å². The lowest BCUT2D eigenvalue weighted by Gasteiger charge is -2.29. The summed E-state index contributed by atoms with van der Waals surface area (Å²) in [6.07, 6.45) is 5.68. The Bertz CT molecular complexity index is 1250. The summed E-state index contributed by atoms with van der Waals surface area (Å²) in [5.74, 6) is 0.769. The van der Waals surface area contributed by atoms with Crippen LogP contribution in [0.4, 0.5) is 5.82 Å². The fraction of sp³-hybridized carbons (Fsp3) is 0.500. The average Bonchev–Trinajstić information content (AvgIpc) is 3.41. The largest absolute Gasteiger partial charge is 0.354 e. The molecule has 2 fully saturated rings. The van der Waals surface area contributed by atoms with Gasteiger partial charge in [0.1, 0.15) is 10.7 Å². The number of sulfonamides is 1. The topological polar surface area (TPSA) is 100 Å². The molecule has 0 aliphatic carbocycles. The number of hydrogen-bond acceptors (Lipinski definition) is 8. The third-order valence-corrected chi connectivity index (χ3v) is 8.46. The van der Waals surface area contributed by atoms with E-state index in [0.29, 0.717) is 23.9 Å². The van der Waals surface area contributed by atoms with Crippen LogP contribution in [0.5, 0.6) is 0 Å². The molecule has 2 saturated heterocycles. The molecule has 178 valence electrons. The van der Waals surface area contributed by atoms with Crippen molar-refractivity contribution in [2.45, 2.75) is 38.0 Å². The molecule has 9 nitrogen and oxygen atoms in total. The average molecular weight is 491 g/mol. The van der Waals surface area contributed by atoms with Crippen LogP contribution in [0.3, 0.4) is 0 Å². The first kappa shape index (κ1) is 23.8. The molecule has 0 atom stereocenters. The second-order valence-corrected chi connectivity index (χ2v) is 10.5. The summed E-state index contributed by atoms with van der Waals surface area (Å²) in [5.41, 5.74) is -0.0821. The van der Waals surface area contributed by atoms with Crippen LogP contribution in [0.2, 0.25) is 0 Å². The molecule has 0 spiro atoms. The van der Waals surface area contributed by atoms with Crippen LogP contribution in [0.1, 0.15) is 33.1 Å². The van der Waals surface area contributed by atoms with Crippen molar-refractivity contribution in [3.63, 3.8) is 0 Å². The number of piperazine rings is 1. The highest BCUT2D eigenvalue weighted by molar-refractivity contribution is 7.89. The van der Waals surface area contributed by atoms with E-state index in [1.807, 2.05) is 19.2 Å². The normalized spacial score (nSPS) is 17.6. The quantitative estimate of drug-likeness (QED) is 0.600. The molecule has 0 unspecified atom stereocenters. The lowest BCUT2D eigenvalue weighted by atomic mass is 10.2. The van der Waals surface area contributed by atoms with Gasteiger partial charge < -0.3 is 10.2 Å². The second-order valence-electron chi connectivity index (χ2n) is 7.75. The van der Waals surface area contributed by atoms with E-state index < -0.39 is 15.5 Å². The van der Waals surface area contributed by atoms with Crippen LogP contribution in [0.15, 0.2) is 39.6 Å². The van der Waals surface area contributed by atoms with Crippen molar-refractivity contribution in [3.8, 4) is 5.13 Å². The highest BCUT2D eigenvalue weighted by Crippen LogP contribution is 2.25. The van der Waals surface area contributed by atoms with E-state index in [1.54, 1.807) is 22.9 Å². The second kappa shape index (κ2) is 10.3. The Kier molecular flexibility index (Phi) is 7.42. The number of fused-ring (bicyclic) bond motifs is 1. The van der Waals surface area contributed by atoms with Crippen molar-refractivity contribution in [1.82, 2.24) is 24.2 Å². The molecule has 1 N–H and O–H groups in total. The van der Waals surface area contributed by atoms with Crippen molar-refractivity contribution in [3.05, 3.63) is 40.1 Å². The molecule has 5 heterocycles. The van der Waals surface area contributed by atoms with Gasteiger partial charge in [-0.25, -0.2) is 18.4 Å². The minimum Gasteiger partial charge on any atom is -0.354 e. The predicted molar refractivity (Wildman–Crippen MR) is 132 cm³/mol. The van der Waals surface area contributed by atoms with Gasteiger partial charge >= 0.3 is 0 Å². The number of aromatic nitrogens is 3. The summed E-state index contributed by atoms with van der Waals surface area (Å²) in [7, 11) is -3.90. The SMILES string of the molecule is CC.O=c1c(S(=O)(=O)N2CCCCC2)cn(-c2nccs2)c2nc(N3CCNCC3)ccc12. The van der Waals surface area contributed by atoms with Crippen LogP contribution in [-0.4, -0.2) is 66.5 Å². The summed E-state index contributed by atoms with van der Waals surface area (Å²) in [5, 5.41) is 5.99. The van der Waals surface area contributed by atoms with Gasteiger partial charge in [-0.15, -0.1) is 11.3 Å². The number of pyridine rings is 2. The number of nitrogens with one attached hydrogen (secondary N) is 1. The molecule has 3 aromatic heterocycles. The number of hydrogen-bond donors (Lipinski definition) is 1. The summed E-state index contributed by atoms with van der Waals surface area (Å²) in [6.45, 7) is 8.26. The maximum absolute atomic E-state index is 13.3. The van der Waals surface area contributed by atoms with Gasteiger partial charge in [0.25, 0.3) is 0 Å². The molecule has 2 aliphatic rings. The summed E-state index contributed by atoms with van der Waals surface area (Å²) < 4.78 is 29.8. The minimum atomic E-state index is -3.90. The Morgan fingerprint density at radius 3 is 2.42 bits per heavy atom. The number of piperidine rings is 1. The molecule has 0 saturated carbocycles. The van der Waals surface area contributed by atoms with Gasteiger partial charge in [-0.2, -0.15) is 4.31 Å². The molecule has 33 heavy (non-hydrogen) atoms. The van der Waals surface area contributed by atoms with Crippen LogP contribution in [0, 0.1) is 0 Å². The standard InChI is InChI=1S/C20H24N6O3S2.C2H6/c27-18-15-4-5-17(24-11-6-21-7-12-24)23-19(15)26(20-22-8-13-30-20)14-16(18)31(28,29)25-9-2-1-3-10-25;1-2/h4-5,8,13-14,21H,1-3,6-7,9-12H2;1-2H3. The molecule has 0 bridgehead atoms. The van der Waals surface area contributed by atoms with Crippen molar-refractivity contribution in [2.24, 2.45) is 0 Å². The molecule has 0 aromatic carbocycles. The van der Waals surface area contributed by atoms with Gasteiger partial charge in [-0.1, -0.05) is 20.3 Å². The van der Waals surface area contributed by atoms with Crippen LogP contribution < -0.4 is 15.6 Å². The predicted octanol–water partition coefficient (Wildman–Crippen LogP) is 2.45. The number of nitrogens with zero attached hydrogens (tertiary/aromatic N) is 5. The van der Waals surface area contributed by atoms with Crippen molar-refractivity contribution < 1.29 is 8.42 Å².